The van der Waals surface area contributed by atoms with Gasteiger partial charge in [0, 0.05) is 18.5 Å². The van der Waals surface area contributed by atoms with Crippen LogP contribution in [0, 0.1) is 11.8 Å². The summed E-state index contributed by atoms with van der Waals surface area (Å²) in [4.78, 5) is 58.7. The Morgan fingerprint density at radius 2 is 1.59 bits per heavy atom. The molecule has 41 heavy (non-hydrogen) atoms. The maximum atomic E-state index is 14.3. The van der Waals surface area contributed by atoms with Crippen LogP contribution in [-0.4, -0.2) is 45.2 Å². The summed E-state index contributed by atoms with van der Waals surface area (Å²) in [5.41, 5.74) is 1.53. The zero-order valence-corrected chi connectivity index (χ0v) is 22.6. The number of fused-ring (bicyclic) bond motifs is 4. The van der Waals surface area contributed by atoms with Crippen molar-refractivity contribution in [3.8, 4) is 0 Å². The standard InChI is InChI=1S/C33H29N3O5/c1-21(37)34-19-25(24-15-8-9-16-26(24)34)29-27-28(31(39)36(30(27)38)23-13-6-3-7-14-23)33(17-10-18-35(29)33)32(40)41-20-22-11-4-2-5-12-22/h2-9,11-16,19,27-29H,10,17-18,20H2,1H3/t27-,28-,29-,33-/m1/s1. The van der Waals surface area contributed by atoms with Crippen molar-refractivity contribution in [3.05, 3.63) is 102 Å². The lowest BCUT2D eigenvalue weighted by atomic mass is 9.77. The van der Waals surface area contributed by atoms with E-state index >= 15 is 0 Å². The molecule has 3 aliphatic rings. The van der Waals surface area contributed by atoms with Crippen molar-refractivity contribution in [2.75, 3.05) is 11.4 Å². The summed E-state index contributed by atoms with van der Waals surface area (Å²) in [7, 11) is 0. The van der Waals surface area contributed by atoms with E-state index in [1.165, 1.54) is 11.8 Å². The van der Waals surface area contributed by atoms with Gasteiger partial charge in [0.25, 0.3) is 0 Å². The first kappa shape index (κ1) is 25.4. The molecule has 4 atom stereocenters. The van der Waals surface area contributed by atoms with E-state index in [4.69, 9.17) is 4.74 Å². The number of rotatable bonds is 5. The van der Waals surface area contributed by atoms with Gasteiger partial charge in [0.15, 0.2) is 0 Å². The van der Waals surface area contributed by atoms with Gasteiger partial charge in [-0.05, 0) is 48.7 Å². The van der Waals surface area contributed by atoms with Crippen LogP contribution in [-0.2, 0) is 25.7 Å². The van der Waals surface area contributed by atoms with Crippen molar-refractivity contribution in [3.63, 3.8) is 0 Å². The Morgan fingerprint density at radius 1 is 0.902 bits per heavy atom. The third kappa shape index (κ3) is 3.63. The highest BCUT2D eigenvalue weighted by Gasteiger charge is 2.74. The van der Waals surface area contributed by atoms with Crippen molar-refractivity contribution in [2.24, 2.45) is 11.8 Å². The number of hydrogen-bond donors (Lipinski definition) is 0. The van der Waals surface area contributed by atoms with Crippen molar-refractivity contribution >= 4 is 40.3 Å². The lowest BCUT2D eigenvalue weighted by molar-refractivity contribution is -0.161. The van der Waals surface area contributed by atoms with Crippen LogP contribution >= 0.6 is 0 Å². The molecule has 3 fully saturated rings. The van der Waals surface area contributed by atoms with Crippen LogP contribution in [0.5, 0.6) is 0 Å². The molecule has 0 N–H and O–H groups in total. The number of aromatic nitrogens is 1. The molecule has 206 valence electrons. The van der Waals surface area contributed by atoms with Crippen molar-refractivity contribution in [2.45, 2.75) is 38.0 Å². The van der Waals surface area contributed by atoms with Gasteiger partial charge in [0.1, 0.15) is 12.1 Å². The monoisotopic (exact) mass is 547 g/mol. The molecule has 0 saturated carbocycles. The van der Waals surface area contributed by atoms with E-state index in [0.29, 0.717) is 25.1 Å². The average Bonchev–Trinajstić information content (AvgIpc) is 3.72. The Hall–Kier alpha value is -4.56. The van der Waals surface area contributed by atoms with E-state index in [1.54, 1.807) is 35.0 Å². The number of para-hydroxylation sites is 2. The number of carbonyl (C=O) groups excluding carboxylic acids is 4. The number of carbonyl (C=O) groups is 4. The van der Waals surface area contributed by atoms with Crippen LogP contribution < -0.4 is 4.90 Å². The number of imide groups is 1. The van der Waals surface area contributed by atoms with Gasteiger partial charge in [-0.2, -0.15) is 0 Å². The fourth-order valence-electron chi connectivity index (χ4n) is 7.38. The summed E-state index contributed by atoms with van der Waals surface area (Å²) in [6.45, 7) is 2.10. The molecule has 1 aromatic heterocycles. The lowest BCUT2D eigenvalue weighted by Gasteiger charge is -2.36. The Kier molecular flexibility index (Phi) is 5.90. The van der Waals surface area contributed by atoms with Crippen LogP contribution in [0.2, 0.25) is 0 Å². The zero-order chi connectivity index (χ0) is 28.3. The topological polar surface area (TPSA) is 88.9 Å². The van der Waals surface area contributed by atoms with Crippen LogP contribution in [0.3, 0.4) is 0 Å². The number of nitrogens with zero attached hydrogens (tertiary/aromatic N) is 3. The fraction of sp³-hybridized carbons (Fsp3) is 0.273. The maximum Gasteiger partial charge on any atom is 0.327 e. The lowest BCUT2D eigenvalue weighted by Crippen LogP contribution is -2.54. The van der Waals surface area contributed by atoms with Gasteiger partial charge >= 0.3 is 5.97 Å². The predicted octanol–water partition coefficient (Wildman–Crippen LogP) is 4.74. The minimum atomic E-state index is -1.29. The van der Waals surface area contributed by atoms with E-state index in [-0.39, 0.29) is 24.3 Å². The quantitative estimate of drug-likeness (QED) is 0.265. The van der Waals surface area contributed by atoms with Crippen molar-refractivity contribution < 1.29 is 23.9 Å². The first-order valence-electron chi connectivity index (χ1n) is 13.9. The average molecular weight is 548 g/mol. The van der Waals surface area contributed by atoms with Crippen LogP contribution in [0.15, 0.2) is 91.1 Å². The maximum absolute atomic E-state index is 14.3. The van der Waals surface area contributed by atoms with Gasteiger partial charge in [-0.25, -0.2) is 4.90 Å². The smallest absolute Gasteiger partial charge is 0.327 e. The van der Waals surface area contributed by atoms with Crippen LogP contribution in [0.4, 0.5) is 5.69 Å². The summed E-state index contributed by atoms with van der Waals surface area (Å²) in [5.74, 6) is -3.07. The Balaban J connectivity index is 1.39. The first-order chi connectivity index (χ1) is 19.9. The molecule has 3 aliphatic heterocycles. The molecule has 2 amide bonds. The Labute approximate surface area is 237 Å². The van der Waals surface area contributed by atoms with E-state index in [1.807, 2.05) is 65.6 Å². The van der Waals surface area contributed by atoms with Gasteiger partial charge in [-0.1, -0.05) is 66.7 Å². The third-order valence-electron chi connectivity index (χ3n) is 8.99. The summed E-state index contributed by atoms with van der Waals surface area (Å²) >= 11 is 0. The third-order valence-corrected chi connectivity index (χ3v) is 8.99. The van der Waals surface area contributed by atoms with Crippen LogP contribution in [0.25, 0.3) is 10.9 Å². The van der Waals surface area contributed by atoms with Gasteiger partial charge in [0.2, 0.25) is 17.7 Å². The van der Waals surface area contributed by atoms with Gasteiger partial charge < -0.3 is 4.74 Å². The normalized spacial score (nSPS) is 25.5. The second kappa shape index (κ2) is 9.52. The largest absolute Gasteiger partial charge is 0.459 e. The van der Waals surface area contributed by atoms with Gasteiger partial charge in [-0.15, -0.1) is 0 Å². The number of esters is 1. The Morgan fingerprint density at radius 3 is 2.32 bits per heavy atom. The first-order valence-corrected chi connectivity index (χ1v) is 13.9. The Bertz CT molecular complexity index is 1700. The molecule has 8 nitrogen and oxygen atoms in total. The van der Waals surface area contributed by atoms with Gasteiger partial charge in [0.05, 0.1) is 29.1 Å². The number of amides is 2. The van der Waals surface area contributed by atoms with Gasteiger partial charge in [-0.3, -0.25) is 28.6 Å². The zero-order valence-electron chi connectivity index (χ0n) is 22.6. The molecule has 0 spiro atoms. The van der Waals surface area contributed by atoms with E-state index in [0.717, 1.165) is 22.0 Å². The van der Waals surface area contributed by atoms with Crippen molar-refractivity contribution in [1.82, 2.24) is 9.47 Å². The molecular weight excluding hydrogens is 518 g/mol. The molecule has 0 aliphatic carbocycles. The summed E-state index contributed by atoms with van der Waals surface area (Å²) < 4.78 is 7.53. The van der Waals surface area contributed by atoms with E-state index in [2.05, 4.69) is 0 Å². The number of anilines is 1. The summed E-state index contributed by atoms with van der Waals surface area (Å²) in [6, 6.07) is 25.3. The highest BCUT2D eigenvalue weighted by atomic mass is 16.5. The molecule has 7 rings (SSSR count). The molecule has 4 heterocycles. The highest BCUT2D eigenvalue weighted by Crippen LogP contribution is 2.60. The minimum absolute atomic E-state index is 0.0749. The molecule has 3 saturated heterocycles. The van der Waals surface area contributed by atoms with Crippen LogP contribution in [0.1, 0.15) is 41.7 Å². The van der Waals surface area contributed by atoms with Crippen molar-refractivity contribution in [1.29, 1.82) is 0 Å². The minimum Gasteiger partial charge on any atom is -0.459 e. The number of hydrogen-bond acceptors (Lipinski definition) is 6. The molecule has 0 radical (unpaired) electrons. The molecule has 8 heteroatoms. The number of ether oxygens (including phenoxy) is 1. The second-order valence-corrected chi connectivity index (χ2v) is 11.1. The second-order valence-electron chi connectivity index (χ2n) is 11.1. The molecule has 4 aromatic rings. The summed E-state index contributed by atoms with van der Waals surface area (Å²) in [5, 5.41) is 0.824. The molecule has 0 bridgehead atoms. The molecular formula is C33H29N3O5. The number of benzene rings is 3. The SMILES string of the molecule is CC(=O)n1cc([C@@H]2[C@@H]3C(=O)N(c4ccccc4)C(=O)[C@@H]3[C@@]3(C(=O)OCc4ccccc4)CCCN23)c2ccccc21. The fourth-order valence-corrected chi connectivity index (χ4v) is 7.38. The highest BCUT2D eigenvalue weighted by molar-refractivity contribution is 6.24. The molecule has 0 unspecified atom stereocenters. The predicted molar refractivity (Wildman–Crippen MR) is 152 cm³/mol. The summed E-state index contributed by atoms with van der Waals surface area (Å²) in [6.07, 6.45) is 2.87. The van der Waals surface area contributed by atoms with E-state index < -0.39 is 29.4 Å². The molecule has 3 aromatic carbocycles. The van der Waals surface area contributed by atoms with E-state index in [9.17, 15) is 19.2 Å².